The van der Waals surface area contributed by atoms with E-state index >= 15 is 0 Å². The summed E-state index contributed by atoms with van der Waals surface area (Å²) in [5.41, 5.74) is 1.29. The van der Waals surface area contributed by atoms with Crippen molar-refractivity contribution in [1.82, 2.24) is 10.3 Å². The van der Waals surface area contributed by atoms with Gasteiger partial charge in [-0.05, 0) is 36.7 Å². The van der Waals surface area contributed by atoms with Crippen molar-refractivity contribution in [3.8, 4) is 0 Å². The van der Waals surface area contributed by atoms with Crippen LogP contribution in [0.3, 0.4) is 0 Å². The molecule has 1 unspecified atom stereocenters. The van der Waals surface area contributed by atoms with Crippen molar-refractivity contribution in [3.63, 3.8) is 0 Å². The van der Waals surface area contributed by atoms with Gasteiger partial charge in [0.2, 0.25) is 0 Å². The van der Waals surface area contributed by atoms with Gasteiger partial charge in [0.25, 0.3) is 0 Å². The van der Waals surface area contributed by atoms with Crippen LogP contribution in [0.25, 0.3) is 0 Å². The quantitative estimate of drug-likeness (QED) is 0.869. The first-order valence-corrected chi connectivity index (χ1v) is 7.25. The van der Waals surface area contributed by atoms with Gasteiger partial charge in [0.05, 0.1) is 21.8 Å². The first kappa shape index (κ1) is 16.1. The fourth-order valence-electron chi connectivity index (χ4n) is 2.10. The number of rotatable bonds is 5. The SMILES string of the molecule is CCNC(Cc1ccc(F)c(F)c1)c1ncc(Cl)cc1Cl. The monoisotopic (exact) mass is 330 g/mol. The van der Waals surface area contributed by atoms with E-state index in [-0.39, 0.29) is 6.04 Å². The van der Waals surface area contributed by atoms with E-state index in [1.165, 1.54) is 12.3 Å². The summed E-state index contributed by atoms with van der Waals surface area (Å²) in [4.78, 5) is 4.24. The van der Waals surface area contributed by atoms with Gasteiger partial charge < -0.3 is 5.32 Å². The van der Waals surface area contributed by atoms with Gasteiger partial charge in [0.1, 0.15) is 0 Å². The number of halogens is 4. The van der Waals surface area contributed by atoms with Crippen molar-refractivity contribution in [2.75, 3.05) is 6.54 Å². The van der Waals surface area contributed by atoms with Gasteiger partial charge in [0.15, 0.2) is 11.6 Å². The molecular formula is C15H14Cl2F2N2. The Morgan fingerprint density at radius 3 is 2.57 bits per heavy atom. The van der Waals surface area contributed by atoms with Crippen LogP contribution in [-0.2, 0) is 6.42 Å². The lowest BCUT2D eigenvalue weighted by Crippen LogP contribution is -2.24. The zero-order chi connectivity index (χ0) is 15.4. The second-order valence-corrected chi connectivity index (χ2v) is 5.43. The molecule has 21 heavy (non-hydrogen) atoms. The number of benzene rings is 1. The minimum atomic E-state index is -0.863. The van der Waals surface area contributed by atoms with Crippen LogP contribution in [0, 0.1) is 11.6 Å². The number of likely N-dealkylation sites (N-methyl/N-ethyl adjacent to an activating group) is 1. The van der Waals surface area contributed by atoms with Crippen molar-refractivity contribution in [2.24, 2.45) is 0 Å². The Hall–Kier alpha value is -1.23. The van der Waals surface area contributed by atoms with E-state index in [4.69, 9.17) is 23.2 Å². The summed E-state index contributed by atoms with van der Waals surface area (Å²) in [5.74, 6) is -1.72. The van der Waals surface area contributed by atoms with Crippen LogP contribution in [0.2, 0.25) is 10.0 Å². The van der Waals surface area contributed by atoms with Gasteiger partial charge >= 0.3 is 0 Å². The molecule has 0 aliphatic rings. The van der Waals surface area contributed by atoms with E-state index in [1.54, 1.807) is 12.1 Å². The maximum Gasteiger partial charge on any atom is 0.159 e. The molecule has 1 N–H and O–H groups in total. The molecule has 6 heteroatoms. The molecule has 112 valence electrons. The van der Waals surface area contributed by atoms with E-state index < -0.39 is 11.6 Å². The highest BCUT2D eigenvalue weighted by molar-refractivity contribution is 6.34. The van der Waals surface area contributed by atoms with Crippen LogP contribution in [0.1, 0.15) is 24.2 Å². The fraction of sp³-hybridized carbons (Fsp3) is 0.267. The molecule has 0 saturated heterocycles. The summed E-state index contributed by atoms with van der Waals surface area (Å²) in [6.07, 6.45) is 1.96. The maximum absolute atomic E-state index is 13.3. The second kappa shape index (κ2) is 7.16. The van der Waals surface area contributed by atoms with Crippen LogP contribution >= 0.6 is 23.2 Å². The van der Waals surface area contributed by atoms with Crippen LogP contribution in [-0.4, -0.2) is 11.5 Å². The third-order valence-corrected chi connectivity index (χ3v) is 3.55. The highest BCUT2D eigenvalue weighted by Gasteiger charge is 2.17. The number of hydrogen-bond donors (Lipinski definition) is 1. The summed E-state index contributed by atoms with van der Waals surface area (Å²) >= 11 is 12.0. The zero-order valence-electron chi connectivity index (χ0n) is 11.3. The highest BCUT2D eigenvalue weighted by atomic mass is 35.5. The molecule has 0 radical (unpaired) electrons. The van der Waals surface area contributed by atoms with Crippen LogP contribution in [0.4, 0.5) is 8.78 Å². The smallest absolute Gasteiger partial charge is 0.159 e. The van der Waals surface area contributed by atoms with Crippen LogP contribution in [0.15, 0.2) is 30.5 Å². The summed E-state index contributed by atoms with van der Waals surface area (Å²) in [7, 11) is 0. The number of aromatic nitrogens is 1. The molecule has 0 aliphatic carbocycles. The standard InChI is InChI=1S/C15H14Cl2F2N2/c1-2-20-14(15-11(17)7-10(16)8-21-15)6-9-3-4-12(18)13(19)5-9/h3-5,7-8,14,20H,2,6H2,1H3. The molecule has 0 amide bonds. The van der Waals surface area contributed by atoms with Gasteiger partial charge in [-0.15, -0.1) is 0 Å². The Bertz CT molecular complexity index is 635. The Morgan fingerprint density at radius 1 is 1.19 bits per heavy atom. The average molecular weight is 331 g/mol. The van der Waals surface area contributed by atoms with Crippen LogP contribution in [0.5, 0.6) is 0 Å². The van der Waals surface area contributed by atoms with E-state index in [1.807, 2.05) is 6.92 Å². The number of pyridine rings is 1. The molecule has 1 aromatic heterocycles. The molecule has 1 heterocycles. The van der Waals surface area contributed by atoms with Gasteiger partial charge in [-0.2, -0.15) is 0 Å². The van der Waals surface area contributed by atoms with E-state index in [0.717, 1.165) is 6.07 Å². The number of nitrogens with zero attached hydrogens (tertiary/aromatic N) is 1. The van der Waals surface area contributed by atoms with E-state index in [9.17, 15) is 8.78 Å². The molecule has 2 nitrogen and oxygen atoms in total. The number of hydrogen-bond acceptors (Lipinski definition) is 2. The lowest BCUT2D eigenvalue weighted by Gasteiger charge is -2.19. The molecule has 1 aromatic carbocycles. The minimum absolute atomic E-state index is 0.204. The highest BCUT2D eigenvalue weighted by Crippen LogP contribution is 2.26. The number of nitrogens with one attached hydrogen (secondary N) is 1. The lowest BCUT2D eigenvalue weighted by molar-refractivity contribution is 0.501. The third kappa shape index (κ3) is 4.13. The van der Waals surface area contributed by atoms with Gasteiger partial charge in [0, 0.05) is 6.20 Å². The first-order chi connectivity index (χ1) is 10.0. The fourth-order valence-corrected chi connectivity index (χ4v) is 2.61. The molecule has 0 aliphatic heterocycles. The zero-order valence-corrected chi connectivity index (χ0v) is 12.8. The van der Waals surface area contributed by atoms with Gasteiger partial charge in [-0.1, -0.05) is 36.2 Å². The maximum atomic E-state index is 13.3. The van der Waals surface area contributed by atoms with Gasteiger partial charge in [-0.3, -0.25) is 4.98 Å². The average Bonchev–Trinajstić information content (AvgIpc) is 2.42. The largest absolute Gasteiger partial charge is 0.309 e. The molecule has 0 saturated carbocycles. The van der Waals surface area contributed by atoms with Crippen LogP contribution < -0.4 is 5.32 Å². The van der Waals surface area contributed by atoms with Crippen molar-refractivity contribution in [1.29, 1.82) is 0 Å². The lowest BCUT2D eigenvalue weighted by atomic mass is 10.0. The van der Waals surface area contributed by atoms with Crippen molar-refractivity contribution >= 4 is 23.2 Å². The van der Waals surface area contributed by atoms with Crippen molar-refractivity contribution in [2.45, 2.75) is 19.4 Å². The molecule has 0 bridgehead atoms. The van der Waals surface area contributed by atoms with E-state index in [2.05, 4.69) is 10.3 Å². The minimum Gasteiger partial charge on any atom is -0.309 e. The summed E-state index contributed by atoms with van der Waals surface area (Å²) < 4.78 is 26.3. The summed E-state index contributed by atoms with van der Waals surface area (Å²) in [5, 5.41) is 4.13. The molecule has 2 aromatic rings. The third-order valence-electron chi connectivity index (χ3n) is 3.04. The summed E-state index contributed by atoms with van der Waals surface area (Å²) in [6.45, 7) is 2.64. The summed E-state index contributed by atoms with van der Waals surface area (Å²) in [6, 6.07) is 5.26. The molecule has 0 spiro atoms. The molecule has 2 rings (SSSR count). The molecular weight excluding hydrogens is 317 g/mol. The van der Waals surface area contributed by atoms with E-state index in [0.29, 0.717) is 34.3 Å². The predicted molar refractivity (Wildman–Crippen MR) is 80.7 cm³/mol. The molecule has 1 atom stereocenters. The Kier molecular flexibility index (Phi) is 5.51. The molecule has 0 fully saturated rings. The van der Waals surface area contributed by atoms with Crippen molar-refractivity contribution in [3.05, 3.63) is 63.4 Å². The normalized spacial score (nSPS) is 12.4. The van der Waals surface area contributed by atoms with Gasteiger partial charge in [-0.25, -0.2) is 8.78 Å². The topological polar surface area (TPSA) is 24.9 Å². The Morgan fingerprint density at radius 2 is 1.95 bits per heavy atom. The predicted octanol–water partition coefficient (Wildman–Crippen LogP) is 4.56. The Balaban J connectivity index is 2.28. The Labute approximate surface area is 132 Å². The first-order valence-electron chi connectivity index (χ1n) is 6.49. The second-order valence-electron chi connectivity index (χ2n) is 4.58. The van der Waals surface area contributed by atoms with Crippen molar-refractivity contribution < 1.29 is 8.78 Å².